The van der Waals surface area contributed by atoms with E-state index in [0.717, 1.165) is 63.2 Å². The predicted molar refractivity (Wildman–Crippen MR) is 141 cm³/mol. The summed E-state index contributed by atoms with van der Waals surface area (Å²) in [4.78, 5) is 23.0. The third-order valence-electron chi connectivity index (χ3n) is 7.93. The largest absolute Gasteiger partial charge is 0.493 e. The van der Waals surface area contributed by atoms with Crippen LogP contribution < -0.4 is 4.74 Å². The molecule has 2 aromatic rings. The van der Waals surface area contributed by atoms with Gasteiger partial charge in [-0.1, -0.05) is 6.07 Å². The third-order valence-corrected chi connectivity index (χ3v) is 7.93. The van der Waals surface area contributed by atoms with Crippen LogP contribution in [0.2, 0.25) is 0 Å². The van der Waals surface area contributed by atoms with Crippen LogP contribution in [0.15, 0.2) is 30.5 Å². The van der Waals surface area contributed by atoms with Crippen LogP contribution in [-0.4, -0.2) is 78.5 Å². The van der Waals surface area contributed by atoms with Crippen LogP contribution in [-0.2, 0) is 6.18 Å². The number of aromatic nitrogens is 1. The van der Waals surface area contributed by atoms with E-state index >= 15 is 0 Å². The highest BCUT2D eigenvalue weighted by Crippen LogP contribution is 2.39. The Bertz CT molecular complexity index is 1100. The quantitative estimate of drug-likeness (QED) is 0.421. The van der Waals surface area contributed by atoms with Crippen molar-refractivity contribution < 1.29 is 22.7 Å². The number of carbonyl (C=O) groups excluding carboxylic acids is 1. The molecule has 3 heterocycles. The Labute approximate surface area is 223 Å². The Morgan fingerprint density at radius 3 is 2.55 bits per heavy atom. The molecule has 2 saturated heterocycles. The topological polar surface area (TPSA) is 48.9 Å². The van der Waals surface area contributed by atoms with Crippen molar-refractivity contribution in [3.8, 4) is 5.75 Å². The fourth-order valence-corrected chi connectivity index (χ4v) is 5.68. The van der Waals surface area contributed by atoms with E-state index < -0.39 is 11.9 Å². The molecular formula is C29H39F3N4O2. The van der Waals surface area contributed by atoms with Crippen LogP contribution >= 0.6 is 0 Å². The second kappa shape index (κ2) is 12.0. The van der Waals surface area contributed by atoms with Crippen LogP contribution in [0.3, 0.4) is 0 Å². The number of piperazine rings is 1. The minimum atomic E-state index is -4.52. The molecule has 0 N–H and O–H groups in total. The molecular weight excluding hydrogens is 493 g/mol. The molecule has 1 aromatic carbocycles. The van der Waals surface area contributed by atoms with E-state index in [1.54, 1.807) is 4.90 Å². The van der Waals surface area contributed by atoms with E-state index in [9.17, 15) is 18.0 Å². The van der Waals surface area contributed by atoms with E-state index in [1.807, 2.05) is 0 Å². The second-order valence-electron chi connectivity index (χ2n) is 10.8. The van der Waals surface area contributed by atoms with Gasteiger partial charge >= 0.3 is 6.18 Å². The molecule has 0 saturated carbocycles. The molecule has 2 atom stereocenters. The smallest absolute Gasteiger partial charge is 0.433 e. The lowest BCUT2D eigenvalue weighted by Gasteiger charge is -2.48. The average Bonchev–Trinajstić information content (AvgIpc) is 2.89. The van der Waals surface area contributed by atoms with Crippen molar-refractivity contribution in [2.45, 2.75) is 64.2 Å². The standard InChI is InChI=1S/C29H39F3N4O2/c1-20-21(2)26(38-17-6-5-14-34(3)4)12-11-24(20)25-9-7-8-23-19-35(15-16-36(23)25)28(37)22-10-13-27(33-18-22)29(30,31)32/h10-13,18,23,25H,5-9,14-17,19H2,1-4H3/t23-,25+/m0/s1. The summed E-state index contributed by atoms with van der Waals surface area (Å²) in [5.74, 6) is 0.691. The monoisotopic (exact) mass is 532 g/mol. The average molecular weight is 533 g/mol. The number of fused-ring (bicyclic) bond motifs is 1. The molecule has 4 rings (SSSR count). The van der Waals surface area contributed by atoms with Crippen LogP contribution in [0.5, 0.6) is 5.75 Å². The van der Waals surface area contributed by atoms with Gasteiger partial charge in [0.2, 0.25) is 0 Å². The highest BCUT2D eigenvalue weighted by molar-refractivity contribution is 5.94. The number of halogens is 3. The maximum Gasteiger partial charge on any atom is 0.433 e. The Balaban J connectivity index is 1.40. The van der Waals surface area contributed by atoms with Crippen molar-refractivity contribution in [1.82, 2.24) is 19.7 Å². The number of amides is 1. The number of pyridine rings is 1. The number of piperidine rings is 1. The predicted octanol–water partition coefficient (Wildman–Crippen LogP) is 5.49. The van der Waals surface area contributed by atoms with Gasteiger partial charge in [0.25, 0.3) is 5.91 Å². The number of benzene rings is 1. The first-order valence-electron chi connectivity index (χ1n) is 13.5. The summed E-state index contributed by atoms with van der Waals surface area (Å²) in [5, 5.41) is 0. The SMILES string of the molecule is Cc1c(OCCCCN(C)C)ccc([C@H]2CCC[C@H]3CN(C(=O)c4ccc(C(F)(F)F)nc4)CCN32)c1C. The fraction of sp³-hybridized carbons (Fsp3) is 0.586. The molecule has 6 nitrogen and oxygen atoms in total. The van der Waals surface area contributed by atoms with Gasteiger partial charge in [-0.05, 0) is 101 Å². The summed E-state index contributed by atoms with van der Waals surface area (Å²) in [5.41, 5.74) is 2.97. The lowest BCUT2D eigenvalue weighted by molar-refractivity contribution is -0.141. The number of unbranched alkanes of at least 4 members (excludes halogenated alkanes) is 1. The first-order valence-corrected chi connectivity index (χ1v) is 13.5. The number of hydrogen-bond donors (Lipinski definition) is 0. The lowest BCUT2D eigenvalue weighted by atomic mass is 9.86. The van der Waals surface area contributed by atoms with Crippen molar-refractivity contribution in [1.29, 1.82) is 0 Å². The van der Waals surface area contributed by atoms with Crippen molar-refractivity contribution in [3.05, 3.63) is 58.4 Å². The number of carbonyl (C=O) groups is 1. The zero-order chi connectivity index (χ0) is 27.4. The van der Waals surface area contributed by atoms with E-state index in [1.165, 1.54) is 22.8 Å². The molecule has 1 amide bonds. The number of hydrogen-bond acceptors (Lipinski definition) is 5. The van der Waals surface area contributed by atoms with Crippen molar-refractivity contribution in [2.24, 2.45) is 0 Å². The number of nitrogens with zero attached hydrogens (tertiary/aromatic N) is 4. The van der Waals surface area contributed by atoms with E-state index in [0.29, 0.717) is 19.7 Å². The van der Waals surface area contributed by atoms with Crippen LogP contribution in [0.25, 0.3) is 0 Å². The summed E-state index contributed by atoms with van der Waals surface area (Å²) in [6, 6.07) is 6.92. The summed E-state index contributed by atoms with van der Waals surface area (Å²) < 4.78 is 44.7. The Hall–Kier alpha value is -2.65. The highest BCUT2D eigenvalue weighted by Gasteiger charge is 2.38. The minimum absolute atomic E-state index is 0.197. The number of ether oxygens (including phenoxy) is 1. The molecule has 9 heteroatoms. The highest BCUT2D eigenvalue weighted by atomic mass is 19.4. The van der Waals surface area contributed by atoms with Gasteiger partial charge in [0, 0.05) is 37.9 Å². The Morgan fingerprint density at radius 2 is 1.87 bits per heavy atom. The maximum absolute atomic E-state index is 13.1. The summed E-state index contributed by atoms with van der Waals surface area (Å²) in [6.45, 7) is 7.92. The molecule has 1 aromatic heterocycles. The van der Waals surface area contributed by atoms with Gasteiger partial charge < -0.3 is 14.5 Å². The van der Waals surface area contributed by atoms with Crippen molar-refractivity contribution in [3.63, 3.8) is 0 Å². The summed E-state index contributed by atoms with van der Waals surface area (Å²) in [7, 11) is 4.16. The summed E-state index contributed by atoms with van der Waals surface area (Å²) in [6.07, 6.45) is 1.79. The Morgan fingerprint density at radius 1 is 1.08 bits per heavy atom. The molecule has 2 aliphatic heterocycles. The molecule has 2 fully saturated rings. The zero-order valence-electron chi connectivity index (χ0n) is 22.9. The van der Waals surface area contributed by atoms with Gasteiger partial charge in [0.1, 0.15) is 11.4 Å². The third kappa shape index (κ3) is 6.49. The molecule has 0 spiro atoms. The summed E-state index contributed by atoms with van der Waals surface area (Å²) >= 11 is 0. The minimum Gasteiger partial charge on any atom is -0.493 e. The van der Waals surface area contributed by atoms with Crippen LogP contribution in [0.4, 0.5) is 13.2 Å². The molecule has 208 valence electrons. The first-order chi connectivity index (χ1) is 18.1. The first kappa shape index (κ1) is 28.4. The lowest BCUT2D eigenvalue weighted by Crippen LogP contribution is -2.57. The number of rotatable bonds is 8. The van der Waals surface area contributed by atoms with Gasteiger partial charge in [-0.25, -0.2) is 0 Å². The molecule has 0 radical (unpaired) electrons. The van der Waals surface area contributed by atoms with Gasteiger partial charge in [-0.3, -0.25) is 14.7 Å². The van der Waals surface area contributed by atoms with Gasteiger partial charge in [0.15, 0.2) is 0 Å². The maximum atomic E-state index is 13.1. The zero-order valence-corrected chi connectivity index (χ0v) is 22.9. The molecule has 0 unspecified atom stereocenters. The Kier molecular flexibility index (Phi) is 8.98. The fourth-order valence-electron chi connectivity index (χ4n) is 5.68. The van der Waals surface area contributed by atoms with Crippen LogP contribution in [0, 0.1) is 13.8 Å². The second-order valence-corrected chi connectivity index (χ2v) is 10.8. The van der Waals surface area contributed by atoms with Crippen molar-refractivity contribution >= 4 is 5.91 Å². The molecule has 38 heavy (non-hydrogen) atoms. The van der Waals surface area contributed by atoms with Gasteiger partial charge in [-0.15, -0.1) is 0 Å². The number of alkyl halides is 3. The van der Waals surface area contributed by atoms with Gasteiger partial charge in [-0.2, -0.15) is 13.2 Å². The van der Waals surface area contributed by atoms with Gasteiger partial charge in [0.05, 0.1) is 12.2 Å². The van der Waals surface area contributed by atoms with E-state index in [2.05, 4.69) is 54.9 Å². The molecule has 0 bridgehead atoms. The van der Waals surface area contributed by atoms with E-state index in [-0.39, 0.29) is 23.6 Å². The van der Waals surface area contributed by atoms with Crippen LogP contribution in [0.1, 0.15) is 70.9 Å². The normalized spacial score (nSPS) is 20.5. The van der Waals surface area contributed by atoms with Crippen molar-refractivity contribution in [2.75, 3.05) is 46.9 Å². The molecule has 0 aliphatic carbocycles. The van der Waals surface area contributed by atoms with E-state index in [4.69, 9.17) is 4.74 Å². The molecule has 2 aliphatic rings.